The number of hydrogen-bond acceptors (Lipinski definition) is 4. The first-order valence-corrected chi connectivity index (χ1v) is 9.16. The smallest absolute Gasteiger partial charge is 0.128 e. The van der Waals surface area contributed by atoms with E-state index in [9.17, 15) is 5.11 Å². The van der Waals surface area contributed by atoms with E-state index in [1.165, 1.54) is 5.56 Å². The fourth-order valence-electron chi connectivity index (χ4n) is 2.84. The van der Waals surface area contributed by atoms with Crippen molar-refractivity contribution in [1.82, 2.24) is 9.88 Å². The monoisotopic (exact) mass is 344 g/mol. The number of H-pyrrole nitrogens is 1. The molecule has 0 radical (unpaired) electrons. The highest BCUT2D eigenvalue weighted by Gasteiger charge is 2.15. The van der Waals surface area contributed by atoms with Crippen LogP contribution < -0.4 is 4.74 Å². The van der Waals surface area contributed by atoms with Crippen molar-refractivity contribution in [2.75, 3.05) is 20.2 Å². The van der Waals surface area contributed by atoms with Gasteiger partial charge in [-0.05, 0) is 61.0 Å². The van der Waals surface area contributed by atoms with Crippen molar-refractivity contribution in [3.8, 4) is 5.75 Å². The quantitative estimate of drug-likeness (QED) is 0.657. The van der Waals surface area contributed by atoms with Gasteiger partial charge in [0.25, 0.3) is 0 Å². The lowest BCUT2D eigenvalue weighted by Gasteiger charge is -2.27. The third-order valence-corrected chi connectivity index (χ3v) is 5.08. The van der Waals surface area contributed by atoms with Crippen LogP contribution in [0.3, 0.4) is 0 Å². The zero-order valence-electron chi connectivity index (χ0n) is 14.1. The number of likely N-dealkylation sites (N-methyl/N-ethyl adjacent to an activating group) is 1. The van der Waals surface area contributed by atoms with Crippen LogP contribution in [0.4, 0.5) is 0 Å². The Hall–Kier alpha value is -1.82. The minimum atomic E-state index is -0.519. The van der Waals surface area contributed by atoms with Gasteiger partial charge >= 0.3 is 0 Å². The molecule has 0 spiro atoms. The van der Waals surface area contributed by atoms with Gasteiger partial charge in [0.15, 0.2) is 0 Å². The van der Waals surface area contributed by atoms with E-state index in [1.54, 1.807) is 11.3 Å². The molecule has 2 N–H and O–H groups in total. The molecule has 24 heavy (non-hydrogen) atoms. The molecule has 2 aromatic heterocycles. The lowest BCUT2D eigenvalue weighted by Crippen LogP contribution is -2.39. The van der Waals surface area contributed by atoms with Crippen molar-refractivity contribution in [3.63, 3.8) is 0 Å². The molecule has 2 heterocycles. The van der Waals surface area contributed by atoms with Crippen LogP contribution in [-0.4, -0.2) is 47.3 Å². The standard InChI is InChI=1S/C19H24N2O2S/c1-14(10-15-7-9-24-13-15)21(2)11-16(22)12-23-19-5-3-4-18-17(19)6-8-20-18/h3-9,13-14,16,20,22H,10-12H2,1-2H3. The van der Waals surface area contributed by atoms with Crippen LogP contribution in [-0.2, 0) is 6.42 Å². The van der Waals surface area contributed by atoms with E-state index in [0.29, 0.717) is 19.2 Å². The second-order valence-electron chi connectivity index (χ2n) is 6.28. The summed E-state index contributed by atoms with van der Waals surface area (Å²) < 4.78 is 5.83. The third kappa shape index (κ3) is 4.17. The largest absolute Gasteiger partial charge is 0.490 e. The van der Waals surface area contributed by atoms with Gasteiger partial charge in [0, 0.05) is 29.7 Å². The third-order valence-electron chi connectivity index (χ3n) is 4.35. The maximum atomic E-state index is 10.3. The lowest BCUT2D eigenvalue weighted by atomic mass is 10.1. The Kier molecular flexibility index (Phi) is 5.56. The maximum absolute atomic E-state index is 10.3. The first-order chi connectivity index (χ1) is 11.6. The molecule has 128 valence electrons. The molecule has 0 amide bonds. The summed E-state index contributed by atoms with van der Waals surface area (Å²) in [5, 5.41) is 15.6. The molecule has 1 aromatic carbocycles. The summed E-state index contributed by atoms with van der Waals surface area (Å²) in [6.45, 7) is 3.07. The molecule has 0 bridgehead atoms. The zero-order chi connectivity index (χ0) is 16.9. The number of fused-ring (bicyclic) bond motifs is 1. The second kappa shape index (κ2) is 7.83. The molecule has 0 aliphatic heterocycles. The molecule has 0 saturated heterocycles. The van der Waals surface area contributed by atoms with Crippen molar-refractivity contribution >= 4 is 22.2 Å². The number of rotatable bonds is 8. The van der Waals surface area contributed by atoms with Gasteiger partial charge in [-0.15, -0.1) is 0 Å². The van der Waals surface area contributed by atoms with Crippen LogP contribution in [0.5, 0.6) is 5.75 Å². The minimum absolute atomic E-state index is 0.291. The normalized spacial score (nSPS) is 14.2. The Balaban J connectivity index is 1.50. The number of ether oxygens (including phenoxy) is 1. The number of nitrogens with zero attached hydrogens (tertiary/aromatic N) is 1. The Morgan fingerprint density at radius 3 is 2.96 bits per heavy atom. The first kappa shape index (κ1) is 17.0. The van der Waals surface area contributed by atoms with E-state index in [-0.39, 0.29) is 0 Å². The molecule has 4 nitrogen and oxygen atoms in total. The summed E-state index contributed by atoms with van der Waals surface area (Å²) in [4.78, 5) is 5.35. The average molecular weight is 344 g/mol. The Morgan fingerprint density at radius 2 is 2.17 bits per heavy atom. The molecule has 2 atom stereocenters. The predicted molar refractivity (Wildman–Crippen MR) is 99.9 cm³/mol. The average Bonchev–Trinajstić information content (AvgIpc) is 3.23. The van der Waals surface area contributed by atoms with Gasteiger partial charge in [-0.1, -0.05) is 6.07 Å². The highest BCUT2D eigenvalue weighted by atomic mass is 32.1. The van der Waals surface area contributed by atoms with Gasteiger partial charge in [0.05, 0.1) is 0 Å². The molecule has 2 unspecified atom stereocenters. The number of aliphatic hydroxyl groups is 1. The second-order valence-corrected chi connectivity index (χ2v) is 7.06. The zero-order valence-corrected chi connectivity index (χ0v) is 14.9. The number of benzene rings is 1. The maximum Gasteiger partial charge on any atom is 0.128 e. The Morgan fingerprint density at radius 1 is 1.29 bits per heavy atom. The van der Waals surface area contributed by atoms with Gasteiger partial charge in [-0.25, -0.2) is 0 Å². The number of thiophene rings is 1. The van der Waals surface area contributed by atoms with Crippen LogP contribution in [0.1, 0.15) is 12.5 Å². The summed E-state index contributed by atoms with van der Waals surface area (Å²) in [7, 11) is 2.05. The fourth-order valence-corrected chi connectivity index (χ4v) is 3.52. The van der Waals surface area contributed by atoms with Crippen LogP contribution in [0.25, 0.3) is 10.9 Å². The minimum Gasteiger partial charge on any atom is -0.490 e. The molecule has 5 heteroatoms. The van der Waals surface area contributed by atoms with Gasteiger partial charge in [-0.3, -0.25) is 0 Å². The summed E-state index contributed by atoms with van der Waals surface area (Å²) in [5.74, 6) is 0.807. The summed E-state index contributed by atoms with van der Waals surface area (Å²) >= 11 is 1.72. The SMILES string of the molecule is CC(Cc1ccsc1)N(C)CC(O)COc1cccc2[nH]ccc12. The van der Waals surface area contributed by atoms with Crippen molar-refractivity contribution in [3.05, 3.63) is 52.9 Å². The molecule has 0 aliphatic rings. The number of nitrogens with one attached hydrogen (secondary N) is 1. The van der Waals surface area contributed by atoms with Crippen LogP contribution >= 0.6 is 11.3 Å². The molecule has 0 aliphatic carbocycles. The highest BCUT2D eigenvalue weighted by molar-refractivity contribution is 7.07. The highest BCUT2D eigenvalue weighted by Crippen LogP contribution is 2.24. The molecule has 0 saturated carbocycles. The summed E-state index contributed by atoms with van der Waals surface area (Å²) in [6.07, 6.45) is 2.37. The van der Waals surface area contributed by atoms with Gasteiger partial charge in [0.2, 0.25) is 0 Å². The molecular formula is C19H24N2O2S. The van der Waals surface area contributed by atoms with Crippen LogP contribution in [0.15, 0.2) is 47.3 Å². The Bertz CT molecular complexity index is 754. The van der Waals surface area contributed by atoms with E-state index >= 15 is 0 Å². The molecule has 3 rings (SSSR count). The lowest BCUT2D eigenvalue weighted by molar-refractivity contribution is 0.0660. The van der Waals surface area contributed by atoms with Gasteiger partial charge in [0.1, 0.15) is 18.5 Å². The summed E-state index contributed by atoms with van der Waals surface area (Å²) in [6, 6.07) is 10.4. The van der Waals surface area contributed by atoms with Gasteiger partial charge in [-0.2, -0.15) is 11.3 Å². The van der Waals surface area contributed by atoms with Gasteiger partial charge < -0.3 is 19.7 Å². The van der Waals surface area contributed by atoms with E-state index in [2.05, 4.69) is 33.6 Å². The van der Waals surface area contributed by atoms with E-state index < -0.39 is 6.10 Å². The van der Waals surface area contributed by atoms with Crippen molar-refractivity contribution in [2.45, 2.75) is 25.5 Å². The van der Waals surface area contributed by atoms with Crippen LogP contribution in [0, 0.1) is 0 Å². The Labute approximate surface area is 146 Å². The number of aromatic nitrogens is 1. The van der Waals surface area contributed by atoms with E-state index in [0.717, 1.165) is 23.1 Å². The molecule has 0 fully saturated rings. The number of aliphatic hydroxyl groups excluding tert-OH is 1. The first-order valence-electron chi connectivity index (χ1n) is 8.22. The predicted octanol–water partition coefficient (Wildman–Crippen LogP) is 3.53. The van der Waals surface area contributed by atoms with Crippen molar-refractivity contribution < 1.29 is 9.84 Å². The van der Waals surface area contributed by atoms with Crippen molar-refractivity contribution in [2.24, 2.45) is 0 Å². The molecular weight excluding hydrogens is 320 g/mol. The van der Waals surface area contributed by atoms with E-state index in [4.69, 9.17) is 4.74 Å². The molecule has 3 aromatic rings. The fraction of sp³-hybridized carbons (Fsp3) is 0.368. The summed E-state index contributed by atoms with van der Waals surface area (Å²) in [5.41, 5.74) is 2.40. The topological polar surface area (TPSA) is 48.5 Å². The van der Waals surface area contributed by atoms with Crippen molar-refractivity contribution in [1.29, 1.82) is 0 Å². The van der Waals surface area contributed by atoms with E-state index in [1.807, 2.05) is 37.5 Å². The number of aromatic amines is 1. The van der Waals surface area contributed by atoms with Crippen LogP contribution in [0.2, 0.25) is 0 Å². The number of hydrogen-bond donors (Lipinski definition) is 2.